The fourth-order valence-corrected chi connectivity index (χ4v) is 3.18. The van der Waals surface area contributed by atoms with Crippen LogP contribution < -0.4 is 5.32 Å². The van der Waals surface area contributed by atoms with Gasteiger partial charge in [0, 0.05) is 36.4 Å². The number of amides is 1. The van der Waals surface area contributed by atoms with E-state index in [4.69, 9.17) is 0 Å². The number of benzene rings is 1. The molecule has 3 rings (SSSR count). The predicted molar refractivity (Wildman–Crippen MR) is 93.0 cm³/mol. The Morgan fingerprint density at radius 1 is 1.26 bits per heavy atom. The monoisotopic (exact) mass is 374 g/mol. The summed E-state index contributed by atoms with van der Waals surface area (Å²) >= 11 is 3.45. The second-order valence-electron chi connectivity index (χ2n) is 5.55. The molecule has 120 valence electrons. The molecule has 1 aliphatic heterocycles. The van der Waals surface area contributed by atoms with E-state index >= 15 is 0 Å². The number of aromatic nitrogens is 2. The first kappa shape index (κ1) is 15.9. The third kappa shape index (κ3) is 4.07. The van der Waals surface area contributed by atoms with E-state index in [0.717, 1.165) is 23.9 Å². The van der Waals surface area contributed by atoms with Gasteiger partial charge in [-0.1, -0.05) is 28.1 Å². The minimum absolute atomic E-state index is 0.179. The zero-order valence-corrected chi connectivity index (χ0v) is 14.4. The molecule has 2 heterocycles. The fraction of sp³-hybridized carbons (Fsp3) is 0.353. The summed E-state index contributed by atoms with van der Waals surface area (Å²) < 4.78 is 1.06. The average molecular weight is 375 g/mol. The highest BCUT2D eigenvalue weighted by atomic mass is 79.9. The molecule has 1 amide bonds. The summed E-state index contributed by atoms with van der Waals surface area (Å²) in [5.41, 5.74) is 1.21. The molecule has 1 N–H and O–H groups in total. The van der Waals surface area contributed by atoms with Crippen LogP contribution in [0.25, 0.3) is 0 Å². The second kappa shape index (κ2) is 7.55. The van der Waals surface area contributed by atoms with E-state index in [1.165, 1.54) is 5.56 Å². The van der Waals surface area contributed by atoms with Crippen LogP contribution in [0.15, 0.2) is 47.2 Å². The number of likely N-dealkylation sites (tertiary alicyclic amines) is 1. The van der Waals surface area contributed by atoms with Crippen molar-refractivity contribution >= 4 is 27.8 Å². The van der Waals surface area contributed by atoms with Gasteiger partial charge in [-0.2, -0.15) is 0 Å². The van der Waals surface area contributed by atoms with Gasteiger partial charge in [0.15, 0.2) is 0 Å². The molecule has 0 saturated carbocycles. The number of nitrogens with zero attached hydrogens (tertiary/aromatic N) is 3. The van der Waals surface area contributed by atoms with Gasteiger partial charge in [-0.15, -0.1) is 0 Å². The third-order valence-corrected chi connectivity index (χ3v) is 4.54. The van der Waals surface area contributed by atoms with Gasteiger partial charge in [0.05, 0.1) is 6.04 Å². The van der Waals surface area contributed by atoms with Crippen LogP contribution in [0.4, 0.5) is 5.95 Å². The van der Waals surface area contributed by atoms with Crippen molar-refractivity contribution in [1.29, 1.82) is 0 Å². The number of nitrogens with one attached hydrogen (secondary N) is 1. The minimum Gasteiger partial charge on any atom is -0.354 e. The molecule has 1 atom stereocenters. The van der Waals surface area contributed by atoms with Crippen LogP contribution in [0.5, 0.6) is 0 Å². The van der Waals surface area contributed by atoms with E-state index in [-0.39, 0.29) is 11.9 Å². The SMILES string of the molecule is O=C(CCNc1ncccn1)N1CCC[C@@H]1c1ccc(Br)cc1. The zero-order chi connectivity index (χ0) is 16.1. The van der Waals surface area contributed by atoms with Crippen molar-refractivity contribution in [2.75, 3.05) is 18.4 Å². The Hall–Kier alpha value is -1.95. The number of halogens is 1. The lowest BCUT2D eigenvalue weighted by Crippen LogP contribution is -2.31. The molecular formula is C17H19BrN4O. The number of rotatable bonds is 5. The minimum atomic E-state index is 0.179. The molecule has 0 radical (unpaired) electrons. The topological polar surface area (TPSA) is 58.1 Å². The lowest BCUT2D eigenvalue weighted by atomic mass is 10.0. The Morgan fingerprint density at radius 2 is 2.00 bits per heavy atom. The largest absolute Gasteiger partial charge is 0.354 e. The number of carbonyl (C=O) groups excluding carboxylic acids is 1. The Labute approximate surface area is 144 Å². The predicted octanol–water partition coefficient (Wildman–Crippen LogP) is 3.40. The lowest BCUT2D eigenvalue weighted by molar-refractivity contribution is -0.131. The number of hydrogen-bond donors (Lipinski definition) is 1. The normalized spacial score (nSPS) is 17.3. The van der Waals surface area contributed by atoms with Crippen LogP contribution in [0.2, 0.25) is 0 Å². The number of anilines is 1. The molecule has 0 spiro atoms. The smallest absolute Gasteiger partial charge is 0.224 e. The first-order valence-corrected chi connectivity index (χ1v) is 8.59. The second-order valence-corrected chi connectivity index (χ2v) is 6.46. The molecule has 0 bridgehead atoms. The van der Waals surface area contributed by atoms with E-state index in [1.807, 2.05) is 17.0 Å². The van der Waals surface area contributed by atoms with Crippen molar-refractivity contribution in [2.24, 2.45) is 0 Å². The molecule has 1 fully saturated rings. The summed E-state index contributed by atoms with van der Waals surface area (Å²) in [7, 11) is 0. The van der Waals surface area contributed by atoms with Crippen LogP contribution >= 0.6 is 15.9 Å². The van der Waals surface area contributed by atoms with Crippen molar-refractivity contribution in [3.05, 3.63) is 52.8 Å². The van der Waals surface area contributed by atoms with Crippen LogP contribution in [0.1, 0.15) is 30.9 Å². The lowest BCUT2D eigenvalue weighted by Gasteiger charge is -2.25. The van der Waals surface area contributed by atoms with Crippen LogP contribution in [0.3, 0.4) is 0 Å². The Kier molecular flexibility index (Phi) is 5.23. The van der Waals surface area contributed by atoms with Gasteiger partial charge in [-0.3, -0.25) is 4.79 Å². The van der Waals surface area contributed by atoms with E-state index < -0.39 is 0 Å². The maximum Gasteiger partial charge on any atom is 0.224 e. The van der Waals surface area contributed by atoms with Crippen LogP contribution in [0, 0.1) is 0 Å². The van der Waals surface area contributed by atoms with E-state index in [2.05, 4.69) is 43.3 Å². The van der Waals surface area contributed by atoms with Crippen molar-refractivity contribution in [3.63, 3.8) is 0 Å². The first-order chi connectivity index (χ1) is 11.2. The maximum atomic E-state index is 12.5. The molecular weight excluding hydrogens is 356 g/mol. The standard InChI is InChI=1S/C17H19BrN4O/c18-14-6-4-13(5-7-14)15-3-1-12-22(15)16(23)8-11-21-17-19-9-2-10-20-17/h2,4-7,9-10,15H,1,3,8,11-12H2,(H,19,20,21)/t15-/m1/s1. The molecule has 6 heteroatoms. The molecule has 1 aromatic heterocycles. The van der Waals surface area contributed by atoms with Gasteiger partial charge in [-0.25, -0.2) is 9.97 Å². The zero-order valence-electron chi connectivity index (χ0n) is 12.8. The molecule has 1 saturated heterocycles. The summed E-state index contributed by atoms with van der Waals surface area (Å²) in [6, 6.07) is 10.2. The van der Waals surface area contributed by atoms with Gasteiger partial charge < -0.3 is 10.2 Å². The fourth-order valence-electron chi connectivity index (χ4n) is 2.91. The summed E-state index contributed by atoms with van der Waals surface area (Å²) in [4.78, 5) is 22.7. The van der Waals surface area contributed by atoms with Crippen molar-refractivity contribution < 1.29 is 4.79 Å². The molecule has 23 heavy (non-hydrogen) atoms. The maximum absolute atomic E-state index is 12.5. The van der Waals surface area contributed by atoms with Gasteiger partial charge in [0.1, 0.15) is 0 Å². The van der Waals surface area contributed by atoms with Crippen molar-refractivity contribution in [1.82, 2.24) is 14.9 Å². The van der Waals surface area contributed by atoms with E-state index in [9.17, 15) is 4.79 Å². The van der Waals surface area contributed by atoms with Gasteiger partial charge in [0.2, 0.25) is 11.9 Å². The average Bonchev–Trinajstić information content (AvgIpc) is 3.06. The van der Waals surface area contributed by atoms with Crippen LogP contribution in [-0.4, -0.2) is 33.9 Å². The molecule has 1 aromatic carbocycles. The summed E-state index contributed by atoms with van der Waals surface area (Å²) in [5.74, 6) is 0.741. The highest BCUT2D eigenvalue weighted by Gasteiger charge is 2.29. The Bertz CT molecular complexity index is 647. The van der Waals surface area contributed by atoms with E-state index in [0.29, 0.717) is 18.9 Å². The van der Waals surface area contributed by atoms with Crippen molar-refractivity contribution in [3.8, 4) is 0 Å². The Morgan fingerprint density at radius 3 is 2.74 bits per heavy atom. The molecule has 5 nitrogen and oxygen atoms in total. The van der Waals surface area contributed by atoms with Gasteiger partial charge in [-0.05, 0) is 36.6 Å². The van der Waals surface area contributed by atoms with E-state index in [1.54, 1.807) is 18.5 Å². The molecule has 2 aromatic rings. The number of carbonyl (C=O) groups is 1. The Balaban J connectivity index is 1.56. The van der Waals surface area contributed by atoms with Crippen molar-refractivity contribution in [2.45, 2.75) is 25.3 Å². The summed E-state index contributed by atoms with van der Waals surface area (Å²) in [6.45, 7) is 1.38. The highest BCUT2D eigenvalue weighted by Crippen LogP contribution is 2.32. The molecule has 0 unspecified atom stereocenters. The highest BCUT2D eigenvalue weighted by molar-refractivity contribution is 9.10. The first-order valence-electron chi connectivity index (χ1n) is 7.80. The quantitative estimate of drug-likeness (QED) is 0.870. The summed E-state index contributed by atoms with van der Waals surface area (Å²) in [6.07, 6.45) is 5.90. The third-order valence-electron chi connectivity index (χ3n) is 4.02. The molecule has 0 aliphatic carbocycles. The van der Waals surface area contributed by atoms with Crippen LogP contribution in [-0.2, 0) is 4.79 Å². The van der Waals surface area contributed by atoms with Gasteiger partial charge in [0.25, 0.3) is 0 Å². The van der Waals surface area contributed by atoms with Gasteiger partial charge >= 0.3 is 0 Å². The molecule has 1 aliphatic rings. The summed E-state index contributed by atoms with van der Waals surface area (Å²) in [5, 5.41) is 3.09. The number of hydrogen-bond acceptors (Lipinski definition) is 4.